The zero-order chi connectivity index (χ0) is 14.5. The highest BCUT2D eigenvalue weighted by Crippen LogP contribution is 2.18. The van der Waals surface area contributed by atoms with Crippen molar-refractivity contribution in [2.24, 2.45) is 0 Å². The summed E-state index contributed by atoms with van der Waals surface area (Å²) in [4.78, 5) is 0. The van der Waals surface area contributed by atoms with E-state index in [0.29, 0.717) is 12.1 Å². The van der Waals surface area contributed by atoms with Gasteiger partial charge in [0.1, 0.15) is 11.6 Å². The summed E-state index contributed by atoms with van der Waals surface area (Å²) in [5, 5.41) is 3.44. The molecule has 2 aromatic carbocycles. The minimum atomic E-state index is -0.156. The van der Waals surface area contributed by atoms with E-state index in [9.17, 15) is 4.39 Å². The van der Waals surface area contributed by atoms with Crippen LogP contribution in [0.2, 0.25) is 0 Å². The minimum absolute atomic E-state index is 0.156. The number of hydrogen-bond donors (Lipinski definition) is 1. The molecule has 0 amide bonds. The van der Waals surface area contributed by atoms with Crippen LogP contribution in [0, 0.1) is 12.7 Å². The van der Waals surface area contributed by atoms with Gasteiger partial charge >= 0.3 is 0 Å². The van der Waals surface area contributed by atoms with Crippen molar-refractivity contribution in [1.82, 2.24) is 5.32 Å². The van der Waals surface area contributed by atoms with Crippen molar-refractivity contribution in [2.45, 2.75) is 26.4 Å². The number of ether oxygens (including phenoxy) is 1. The van der Waals surface area contributed by atoms with Gasteiger partial charge in [-0.3, -0.25) is 0 Å². The summed E-state index contributed by atoms with van der Waals surface area (Å²) in [7, 11) is 1.66. The van der Waals surface area contributed by atoms with Crippen LogP contribution in [0.5, 0.6) is 5.75 Å². The zero-order valence-corrected chi connectivity index (χ0v) is 12.1. The third kappa shape index (κ3) is 3.58. The number of methoxy groups -OCH3 is 1. The van der Waals surface area contributed by atoms with Gasteiger partial charge in [-0.15, -0.1) is 0 Å². The van der Waals surface area contributed by atoms with Crippen LogP contribution in [-0.4, -0.2) is 7.11 Å². The first kappa shape index (κ1) is 14.5. The Labute approximate surface area is 119 Å². The lowest BCUT2D eigenvalue weighted by Crippen LogP contribution is -2.18. The third-order valence-electron chi connectivity index (χ3n) is 3.45. The van der Waals surface area contributed by atoms with Crippen LogP contribution in [-0.2, 0) is 6.54 Å². The zero-order valence-electron chi connectivity index (χ0n) is 12.1. The monoisotopic (exact) mass is 273 g/mol. The summed E-state index contributed by atoms with van der Waals surface area (Å²) >= 11 is 0. The molecule has 2 aromatic rings. The predicted molar refractivity (Wildman–Crippen MR) is 79.4 cm³/mol. The molecule has 0 heterocycles. The summed E-state index contributed by atoms with van der Waals surface area (Å²) in [5.74, 6) is 0.701. The highest BCUT2D eigenvalue weighted by Gasteiger charge is 2.06. The van der Waals surface area contributed by atoms with Crippen LogP contribution in [0.1, 0.15) is 29.7 Å². The maximum Gasteiger partial charge on any atom is 0.126 e. The molecule has 106 valence electrons. The molecule has 0 saturated heterocycles. The Hall–Kier alpha value is -1.87. The minimum Gasteiger partial charge on any atom is -0.497 e. The van der Waals surface area contributed by atoms with Crippen molar-refractivity contribution >= 4 is 0 Å². The predicted octanol–water partition coefficient (Wildman–Crippen LogP) is 3.99. The van der Waals surface area contributed by atoms with E-state index in [-0.39, 0.29) is 11.9 Å². The maximum atomic E-state index is 13.2. The molecule has 0 spiro atoms. The Bertz CT molecular complexity index is 566. The molecule has 0 fully saturated rings. The molecule has 0 aliphatic heterocycles. The highest BCUT2D eigenvalue weighted by atomic mass is 19.1. The van der Waals surface area contributed by atoms with Gasteiger partial charge in [0.15, 0.2) is 0 Å². The molecule has 2 rings (SSSR count). The Kier molecular flexibility index (Phi) is 4.74. The molecular formula is C17H20FNO. The molecule has 20 heavy (non-hydrogen) atoms. The van der Waals surface area contributed by atoms with Crippen LogP contribution < -0.4 is 10.1 Å². The first-order valence-corrected chi connectivity index (χ1v) is 6.72. The second-order valence-electron chi connectivity index (χ2n) is 4.96. The van der Waals surface area contributed by atoms with E-state index < -0.39 is 0 Å². The van der Waals surface area contributed by atoms with E-state index in [2.05, 4.69) is 12.2 Å². The average molecular weight is 273 g/mol. The van der Waals surface area contributed by atoms with Crippen molar-refractivity contribution in [2.75, 3.05) is 7.11 Å². The molecule has 0 aliphatic carbocycles. The maximum absolute atomic E-state index is 13.2. The van der Waals surface area contributed by atoms with Crippen molar-refractivity contribution in [3.05, 3.63) is 65.0 Å². The Morgan fingerprint density at radius 1 is 1.15 bits per heavy atom. The number of hydrogen-bond acceptors (Lipinski definition) is 2. The van der Waals surface area contributed by atoms with Gasteiger partial charge in [-0.25, -0.2) is 4.39 Å². The summed E-state index contributed by atoms with van der Waals surface area (Å²) < 4.78 is 18.3. The summed E-state index contributed by atoms with van der Waals surface area (Å²) in [5.41, 5.74) is 2.97. The van der Waals surface area contributed by atoms with Gasteiger partial charge in [0.05, 0.1) is 7.11 Å². The Balaban J connectivity index is 1.96. The molecular weight excluding hydrogens is 253 g/mol. The van der Waals surface area contributed by atoms with E-state index in [0.717, 1.165) is 11.3 Å². The van der Waals surface area contributed by atoms with Gasteiger partial charge in [-0.05, 0) is 48.7 Å². The molecule has 2 nitrogen and oxygen atoms in total. The third-order valence-corrected chi connectivity index (χ3v) is 3.45. The standard InChI is InChI=1S/C17H20FNO/c1-12-10-14(4-9-17(12)18)11-19-13(2)15-5-7-16(20-3)8-6-15/h4-10,13,19H,11H2,1-3H3/t13-/m0/s1. The van der Waals surface area contributed by atoms with Crippen LogP contribution >= 0.6 is 0 Å². The fourth-order valence-electron chi connectivity index (χ4n) is 2.10. The summed E-state index contributed by atoms with van der Waals surface area (Å²) in [6.45, 7) is 4.61. The largest absolute Gasteiger partial charge is 0.497 e. The molecule has 1 N–H and O–H groups in total. The normalized spacial score (nSPS) is 12.2. The number of benzene rings is 2. The van der Waals surface area contributed by atoms with Gasteiger partial charge in [0, 0.05) is 12.6 Å². The van der Waals surface area contributed by atoms with Crippen LogP contribution in [0.15, 0.2) is 42.5 Å². The molecule has 3 heteroatoms. The second-order valence-corrected chi connectivity index (χ2v) is 4.96. The first-order chi connectivity index (χ1) is 9.60. The molecule has 0 radical (unpaired) electrons. The smallest absolute Gasteiger partial charge is 0.126 e. The number of nitrogens with one attached hydrogen (secondary N) is 1. The van der Waals surface area contributed by atoms with E-state index >= 15 is 0 Å². The van der Waals surface area contributed by atoms with E-state index in [1.54, 1.807) is 14.0 Å². The summed E-state index contributed by atoms with van der Waals surface area (Å²) in [6.07, 6.45) is 0. The highest BCUT2D eigenvalue weighted by molar-refractivity contribution is 5.29. The summed E-state index contributed by atoms with van der Waals surface area (Å²) in [6, 6.07) is 13.4. The van der Waals surface area contributed by atoms with Crippen LogP contribution in [0.4, 0.5) is 4.39 Å². The molecule has 0 aliphatic rings. The SMILES string of the molecule is COc1ccc([C@H](C)NCc2ccc(F)c(C)c2)cc1. The number of halogens is 1. The average Bonchev–Trinajstić information content (AvgIpc) is 2.48. The van der Waals surface area contributed by atoms with Crippen LogP contribution in [0.25, 0.3) is 0 Å². The molecule has 0 unspecified atom stereocenters. The second kappa shape index (κ2) is 6.53. The van der Waals surface area contributed by atoms with Gasteiger partial charge in [-0.2, -0.15) is 0 Å². The Morgan fingerprint density at radius 2 is 1.85 bits per heavy atom. The quantitative estimate of drug-likeness (QED) is 0.889. The lowest BCUT2D eigenvalue weighted by Gasteiger charge is -2.15. The van der Waals surface area contributed by atoms with Crippen molar-refractivity contribution in [3.63, 3.8) is 0 Å². The van der Waals surface area contributed by atoms with Crippen molar-refractivity contribution < 1.29 is 9.13 Å². The van der Waals surface area contributed by atoms with Crippen molar-refractivity contribution in [3.8, 4) is 5.75 Å². The lowest BCUT2D eigenvalue weighted by atomic mass is 10.1. The van der Waals surface area contributed by atoms with Gasteiger partial charge < -0.3 is 10.1 Å². The van der Waals surface area contributed by atoms with Gasteiger partial charge in [-0.1, -0.05) is 24.3 Å². The molecule has 0 aromatic heterocycles. The number of aryl methyl sites for hydroxylation is 1. The lowest BCUT2D eigenvalue weighted by molar-refractivity contribution is 0.414. The topological polar surface area (TPSA) is 21.3 Å². The molecule has 1 atom stereocenters. The van der Waals surface area contributed by atoms with Crippen LogP contribution in [0.3, 0.4) is 0 Å². The molecule has 0 bridgehead atoms. The van der Waals surface area contributed by atoms with Gasteiger partial charge in [0.25, 0.3) is 0 Å². The van der Waals surface area contributed by atoms with E-state index in [1.807, 2.05) is 36.4 Å². The van der Waals surface area contributed by atoms with E-state index in [1.165, 1.54) is 11.6 Å². The van der Waals surface area contributed by atoms with E-state index in [4.69, 9.17) is 4.74 Å². The fraction of sp³-hybridized carbons (Fsp3) is 0.294. The van der Waals surface area contributed by atoms with Crippen molar-refractivity contribution in [1.29, 1.82) is 0 Å². The fourth-order valence-corrected chi connectivity index (χ4v) is 2.10. The van der Waals surface area contributed by atoms with Gasteiger partial charge in [0.2, 0.25) is 0 Å². The molecule has 0 saturated carbocycles. The first-order valence-electron chi connectivity index (χ1n) is 6.72. The Morgan fingerprint density at radius 3 is 2.45 bits per heavy atom. The number of rotatable bonds is 5.